The molecule has 1 fully saturated rings. The van der Waals surface area contributed by atoms with Gasteiger partial charge in [0.1, 0.15) is 5.84 Å². The third-order valence-electron chi connectivity index (χ3n) is 6.31. The molecule has 3 aliphatic heterocycles. The first-order valence-corrected chi connectivity index (χ1v) is 9.15. The Bertz CT molecular complexity index is 951. The molecule has 3 N–H and O–H groups in total. The predicted octanol–water partition coefficient (Wildman–Crippen LogP) is 1.86. The van der Waals surface area contributed by atoms with Crippen molar-refractivity contribution in [3.8, 4) is 12.1 Å². The highest BCUT2D eigenvalue weighted by Gasteiger charge is 2.80. The second-order valence-electron chi connectivity index (χ2n) is 7.36. The number of nitrogens with zero attached hydrogens (tertiary/aromatic N) is 3. The van der Waals surface area contributed by atoms with Crippen LogP contribution in [0.25, 0.3) is 0 Å². The van der Waals surface area contributed by atoms with Crippen LogP contribution >= 0.6 is 0 Å². The summed E-state index contributed by atoms with van der Waals surface area (Å²) in [6, 6.07) is 13.9. The van der Waals surface area contributed by atoms with Crippen LogP contribution in [0.3, 0.4) is 0 Å². The van der Waals surface area contributed by atoms with Crippen LogP contribution in [-0.4, -0.2) is 25.0 Å². The van der Waals surface area contributed by atoms with Crippen LogP contribution in [0.4, 0.5) is 0 Å². The molecule has 0 bridgehead atoms. The standard InChI is InChI=1S/C20H19N5O2/c21-11-18-16(13-5-2-1-3-6-13)24-15-8-4-7-14(15)19(18,12-22)20(25-17(18)23)26-9-10-27-20/h1-3,5-6,16,24H,4,7-10H2,(H2,23,25)/t16-,18+,19-/m1/s1. The summed E-state index contributed by atoms with van der Waals surface area (Å²) in [6.45, 7) is 0.627. The third kappa shape index (κ3) is 1.65. The molecular formula is C20H19N5O2. The number of nitriles is 2. The Labute approximate surface area is 157 Å². The Morgan fingerprint density at radius 3 is 2.52 bits per heavy atom. The molecule has 0 amide bonds. The number of nitrogens with two attached hydrogens (primary N) is 1. The van der Waals surface area contributed by atoms with Crippen LogP contribution in [0.5, 0.6) is 0 Å². The zero-order valence-electron chi connectivity index (χ0n) is 14.7. The fourth-order valence-electron chi connectivity index (χ4n) is 5.26. The Morgan fingerprint density at radius 2 is 1.85 bits per heavy atom. The summed E-state index contributed by atoms with van der Waals surface area (Å²) in [7, 11) is 0. The molecule has 0 aromatic heterocycles. The minimum atomic E-state index is -1.55. The van der Waals surface area contributed by atoms with Gasteiger partial charge in [0, 0.05) is 5.70 Å². The summed E-state index contributed by atoms with van der Waals surface area (Å²) in [5.41, 5.74) is 6.30. The zero-order chi connectivity index (χ0) is 18.7. The maximum atomic E-state index is 10.6. The molecule has 1 spiro atoms. The van der Waals surface area contributed by atoms with E-state index in [1.165, 1.54) is 0 Å². The highest BCUT2D eigenvalue weighted by Crippen LogP contribution is 2.68. The molecule has 136 valence electrons. The lowest BCUT2D eigenvalue weighted by Gasteiger charge is -2.50. The van der Waals surface area contributed by atoms with Crippen LogP contribution in [0.1, 0.15) is 30.9 Å². The van der Waals surface area contributed by atoms with E-state index in [4.69, 9.17) is 15.2 Å². The molecule has 1 saturated heterocycles. The van der Waals surface area contributed by atoms with Crippen molar-refractivity contribution in [1.82, 2.24) is 5.32 Å². The highest BCUT2D eigenvalue weighted by molar-refractivity contribution is 5.96. The Balaban J connectivity index is 1.85. The average Bonchev–Trinajstić information content (AvgIpc) is 3.40. The molecular weight excluding hydrogens is 342 g/mol. The van der Waals surface area contributed by atoms with Gasteiger partial charge in [-0.3, -0.25) is 0 Å². The maximum Gasteiger partial charge on any atom is 0.297 e. The number of hydrogen-bond donors (Lipinski definition) is 2. The summed E-state index contributed by atoms with van der Waals surface area (Å²) in [5, 5.41) is 24.6. The van der Waals surface area contributed by atoms with E-state index in [0.29, 0.717) is 19.6 Å². The summed E-state index contributed by atoms with van der Waals surface area (Å²) in [5.74, 6) is -1.46. The molecule has 0 unspecified atom stereocenters. The van der Waals surface area contributed by atoms with E-state index < -0.39 is 22.8 Å². The fourth-order valence-corrected chi connectivity index (χ4v) is 5.26. The Kier molecular flexibility index (Phi) is 3.22. The van der Waals surface area contributed by atoms with Crippen molar-refractivity contribution in [3.05, 3.63) is 47.2 Å². The van der Waals surface area contributed by atoms with Gasteiger partial charge in [-0.05, 0) is 30.4 Å². The summed E-state index contributed by atoms with van der Waals surface area (Å²) in [6.07, 6.45) is 2.41. The van der Waals surface area contributed by atoms with Gasteiger partial charge >= 0.3 is 0 Å². The lowest BCUT2D eigenvalue weighted by Crippen LogP contribution is -2.63. The molecule has 0 radical (unpaired) electrons. The molecule has 3 atom stereocenters. The van der Waals surface area contributed by atoms with Crippen LogP contribution in [0.15, 0.2) is 46.6 Å². The first-order chi connectivity index (χ1) is 13.1. The van der Waals surface area contributed by atoms with Gasteiger partial charge in [-0.15, -0.1) is 0 Å². The number of aliphatic imine (C=N–C) groups is 1. The van der Waals surface area contributed by atoms with Gasteiger partial charge in [0.2, 0.25) is 0 Å². The van der Waals surface area contributed by atoms with Gasteiger partial charge in [-0.1, -0.05) is 30.3 Å². The van der Waals surface area contributed by atoms with Gasteiger partial charge in [0.25, 0.3) is 5.91 Å². The molecule has 1 aromatic rings. The van der Waals surface area contributed by atoms with Gasteiger partial charge in [0.15, 0.2) is 10.8 Å². The van der Waals surface area contributed by atoms with Gasteiger partial charge in [-0.25, -0.2) is 4.99 Å². The molecule has 0 saturated carbocycles. The summed E-state index contributed by atoms with van der Waals surface area (Å²) >= 11 is 0. The minimum absolute atomic E-state index is 0.0910. The van der Waals surface area contributed by atoms with E-state index in [1.54, 1.807) is 0 Å². The van der Waals surface area contributed by atoms with E-state index in [9.17, 15) is 10.5 Å². The minimum Gasteiger partial charge on any atom is -0.386 e. The first-order valence-electron chi connectivity index (χ1n) is 9.15. The van der Waals surface area contributed by atoms with Crippen LogP contribution in [-0.2, 0) is 9.47 Å². The van der Waals surface area contributed by atoms with Crippen molar-refractivity contribution in [2.24, 2.45) is 21.6 Å². The van der Waals surface area contributed by atoms with Crippen molar-refractivity contribution in [3.63, 3.8) is 0 Å². The molecule has 5 rings (SSSR count). The molecule has 3 heterocycles. The van der Waals surface area contributed by atoms with E-state index in [-0.39, 0.29) is 5.84 Å². The van der Waals surface area contributed by atoms with E-state index in [0.717, 1.165) is 29.7 Å². The predicted molar refractivity (Wildman–Crippen MR) is 95.5 cm³/mol. The van der Waals surface area contributed by atoms with Crippen LogP contribution in [0.2, 0.25) is 0 Å². The molecule has 7 heteroatoms. The number of nitrogens with one attached hydrogen (secondary N) is 1. The number of allylic oxidation sites excluding steroid dienone is 1. The second-order valence-corrected chi connectivity index (χ2v) is 7.36. The first kappa shape index (κ1) is 16.3. The smallest absolute Gasteiger partial charge is 0.297 e. The third-order valence-corrected chi connectivity index (χ3v) is 6.31. The molecule has 4 aliphatic rings. The van der Waals surface area contributed by atoms with Crippen molar-refractivity contribution >= 4 is 5.84 Å². The maximum absolute atomic E-state index is 10.6. The largest absolute Gasteiger partial charge is 0.386 e. The van der Waals surface area contributed by atoms with Crippen molar-refractivity contribution in [2.75, 3.05) is 13.2 Å². The second kappa shape index (κ2) is 5.32. The van der Waals surface area contributed by atoms with Crippen LogP contribution in [0, 0.1) is 33.5 Å². The van der Waals surface area contributed by atoms with Crippen molar-refractivity contribution in [2.45, 2.75) is 31.2 Å². The molecule has 27 heavy (non-hydrogen) atoms. The van der Waals surface area contributed by atoms with E-state index in [1.807, 2.05) is 30.3 Å². The fraction of sp³-hybridized carbons (Fsp3) is 0.450. The summed E-state index contributed by atoms with van der Waals surface area (Å²) < 4.78 is 11.9. The average molecular weight is 361 g/mol. The number of ether oxygens (including phenoxy) is 2. The lowest BCUT2D eigenvalue weighted by atomic mass is 9.53. The van der Waals surface area contributed by atoms with Gasteiger partial charge in [-0.2, -0.15) is 10.5 Å². The number of rotatable bonds is 1. The quantitative estimate of drug-likeness (QED) is 0.788. The lowest BCUT2D eigenvalue weighted by molar-refractivity contribution is -0.212. The highest BCUT2D eigenvalue weighted by atomic mass is 16.8. The zero-order valence-corrected chi connectivity index (χ0v) is 14.7. The number of fused-ring (bicyclic) bond motifs is 3. The number of benzene rings is 1. The van der Waals surface area contributed by atoms with E-state index in [2.05, 4.69) is 22.4 Å². The number of amidine groups is 1. The Hall–Kier alpha value is -2.87. The topological polar surface area (TPSA) is 116 Å². The van der Waals surface area contributed by atoms with Gasteiger partial charge in [0.05, 0.1) is 31.4 Å². The van der Waals surface area contributed by atoms with E-state index >= 15 is 0 Å². The Morgan fingerprint density at radius 1 is 1.11 bits per heavy atom. The van der Waals surface area contributed by atoms with Crippen molar-refractivity contribution < 1.29 is 9.47 Å². The molecule has 1 aliphatic carbocycles. The monoisotopic (exact) mass is 361 g/mol. The van der Waals surface area contributed by atoms with Gasteiger partial charge < -0.3 is 20.5 Å². The normalized spacial score (nSPS) is 35.8. The van der Waals surface area contributed by atoms with Crippen LogP contribution < -0.4 is 11.1 Å². The number of hydrogen-bond acceptors (Lipinski definition) is 7. The summed E-state index contributed by atoms with van der Waals surface area (Å²) in [4.78, 5) is 4.52. The SMILES string of the molecule is N#C[C@@]12C3=C(CCC3)N[C@H](c3ccccc3)[C@@]1(C#N)C(N)=NC21OCCO1. The molecule has 7 nitrogen and oxygen atoms in total. The van der Waals surface area contributed by atoms with Crippen molar-refractivity contribution in [1.29, 1.82) is 10.5 Å². The molecule has 1 aromatic carbocycles.